The molecule has 7 atom stereocenters. The van der Waals surface area contributed by atoms with E-state index < -0.39 is 61.5 Å². The topological polar surface area (TPSA) is 181 Å². The number of carbonyl (C=O) groups excluding carboxylic acids is 1. The highest BCUT2D eigenvalue weighted by Crippen LogP contribution is 2.35. The Hall–Kier alpha value is -3.00. The Balaban J connectivity index is 1.65. The van der Waals surface area contributed by atoms with Crippen molar-refractivity contribution < 1.29 is 58.8 Å². The van der Waals surface area contributed by atoms with E-state index in [4.69, 9.17) is 23.7 Å². The third-order valence-corrected chi connectivity index (χ3v) is 5.78. The first kappa shape index (κ1) is 27.6. The van der Waals surface area contributed by atoms with Crippen molar-refractivity contribution in [3.05, 3.63) is 53.8 Å². The van der Waals surface area contributed by atoms with Gasteiger partial charge in [0.25, 0.3) is 0 Å². The van der Waals surface area contributed by atoms with E-state index in [0.29, 0.717) is 5.75 Å². The van der Waals surface area contributed by atoms with Gasteiger partial charge in [0.15, 0.2) is 6.29 Å². The molecule has 12 nitrogen and oxygen atoms in total. The van der Waals surface area contributed by atoms with Crippen molar-refractivity contribution >= 4 is 11.9 Å². The predicted octanol–water partition coefficient (Wildman–Crippen LogP) is -0.298. The summed E-state index contributed by atoms with van der Waals surface area (Å²) in [6.45, 7) is 0.973. The lowest BCUT2D eigenvalue weighted by atomic mass is 9.86. The summed E-state index contributed by atoms with van der Waals surface area (Å²) in [6.07, 6.45) is -6.88. The summed E-state index contributed by atoms with van der Waals surface area (Å²) in [5.41, 5.74) is 0.0265. The number of para-hydroxylation sites is 1. The maximum absolute atomic E-state index is 12.5. The summed E-state index contributed by atoms with van der Waals surface area (Å²) < 4.78 is 27.0. The molecule has 1 saturated heterocycles. The number of aliphatic carboxylic acids is 1. The molecule has 198 valence electrons. The number of aliphatic hydroxyl groups is 4. The van der Waals surface area contributed by atoms with Crippen LogP contribution in [0.25, 0.3) is 0 Å². The van der Waals surface area contributed by atoms with E-state index >= 15 is 0 Å². The fourth-order valence-electron chi connectivity index (χ4n) is 3.87. The minimum atomic E-state index is -1.69. The number of esters is 1. The summed E-state index contributed by atoms with van der Waals surface area (Å²) in [7, 11) is 0. The fourth-order valence-corrected chi connectivity index (χ4v) is 3.87. The third kappa shape index (κ3) is 6.60. The lowest BCUT2D eigenvalue weighted by Crippen LogP contribution is -2.60. The van der Waals surface area contributed by atoms with Crippen molar-refractivity contribution in [2.24, 2.45) is 5.92 Å². The van der Waals surface area contributed by atoms with Gasteiger partial charge in [-0.15, -0.1) is 0 Å². The Morgan fingerprint density at radius 2 is 1.78 bits per heavy atom. The molecular weight excluding hydrogens is 480 g/mol. The highest BCUT2D eigenvalue weighted by atomic mass is 16.8. The van der Waals surface area contributed by atoms with Crippen molar-refractivity contribution in [1.82, 2.24) is 0 Å². The van der Waals surface area contributed by atoms with Gasteiger partial charge >= 0.3 is 11.9 Å². The second kappa shape index (κ2) is 12.8. The summed E-state index contributed by atoms with van der Waals surface area (Å²) >= 11 is 0. The molecular formula is C24H30O12. The molecule has 36 heavy (non-hydrogen) atoms. The SMILES string of the molecule is C/C=C1/[C@H](O[C@@H]2O[C@H](CO)[C@@H](O)[C@H](O)[C@H]2O)OC=C(C(=O)O)[C@H]1CC(=O)OCCOc1ccccc1. The highest BCUT2D eigenvalue weighted by Gasteiger charge is 2.46. The molecule has 5 N–H and O–H groups in total. The molecule has 0 spiro atoms. The minimum Gasteiger partial charge on any atom is -0.490 e. The van der Waals surface area contributed by atoms with Gasteiger partial charge in [-0.2, -0.15) is 0 Å². The van der Waals surface area contributed by atoms with E-state index in [1.807, 2.05) is 6.07 Å². The highest BCUT2D eigenvalue weighted by molar-refractivity contribution is 5.89. The van der Waals surface area contributed by atoms with Crippen molar-refractivity contribution in [2.75, 3.05) is 19.8 Å². The Morgan fingerprint density at radius 1 is 1.06 bits per heavy atom. The number of benzene rings is 1. The summed E-state index contributed by atoms with van der Waals surface area (Å²) in [6, 6.07) is 8.94. The van der Waals surface area contributed by atoms with E-state index in [1.165, 1.54) is 6.08 Å². The minimum absolute atomic E-state index is 0.0565. The van der Waals surface area contributed by atoms with Gasteiger partial charge in [0, 0.05) is 11.5 Å². The average molecular weight is 510 g/mol. The molecule has 0 unspecified atom stereocenters. The predicted molar refractivity (Wildman–Crippen MR) is 120 cm³/mol. The normalized spacial score (nSPS) is 31.3. The molecule has 1 fully saturated rings. The van der Waals surface area contributed by atoms with Crippen LogP contribution in [-0.2, 0) is 28.5 Å². The monoisotopic (exact) mass is 510 g/mol. The molecule has 12 heteroatoms. The van der Waals surface area contributed by atoms with Gasteiger partial charge in [-0.25, -0.2) is 4.79 Å². The van der Waals surface area contributed by atoms with Crippen molar-refractivity contribution in [1.29, 1.82) is 0 Å². The maximum atomic E-state index is 12.5. The molecule has 3 rings (SSSR count). The number of hydrogen-bond acceptors (Lipinski definition) is 11. The van der Waals surface area contributed by atoms with Crippen LogP contribution in [0.1, 0.15) is 13.3 Å². The first-order chi connectivity index (χ1) is 17.3. The van der Waals surface area contributed by atoms with Gasteiger partial charge in [-0.3, -0.25) is 4.79 Å². The van der Waals surface area contributed by atoms with E-state index in [1.54, 1.807) is 31.2 Å². The maximum Gasteiger partial charge on any atom is 0.335 e. The fraction of sp³-hybridized carbons (Fsp3) is 0.500. The van der Waals surface area contributed by atoms with Gasteiger partial charge < -0.3 is 49.2 Å². The van der Waals surface area contributed by atoms with E-state index in [-0.39, 0.29) is 30.8 Å². The summed E-state index contributed by atoms with van der Waals surface area (Å²) in [5.74, 6) is -2.38. The first-order valence-corrected chi connectivity index (χ1v) is 11.3. The number of carboxylic acids is 1. The largest absolute Gasteiger partial charge is 0.490 e. The number of allylic oxidation sites excluding steroid dienone is 1. The van der Waals surface area contributed by atoms with Crippen LogP contribution in [0.15, 0.2) is 53.8 Å². The van der Waals surface area contributed by atoms with E-state index in [9.17, 15) is 35.1 Å². The zero-order valence-corrected chi connectivity index (χ0v) is 19.5. The molecule has 0 saturated carbocycles. The molecule has 2 heterocycles. The molecule has 0 amide bonds. The van der Waals surface area contributed by atoms with E-state index in [0.717, 1.165) is 6.26 Å². The number of ether oxygens (including phenoxy) is 5. The second-order valence-electron chi connectivity index (χ2n) is 8.11. The zero-order valence-electron chi connectivity index (χ0n) is 19.5. The summed E-state index contributed by atoms with van der Waals surface area (Å²) in [5, 5.41) is 49.2. The zero-order chi connectivity index (χ0) is 26.2. The van der Waals surface area contributed by atoms with Crippen LogP contribution in [0.2, 0.25) is 0 Å². The Bertz CT molecular complexity index is 944. The lowest BCUT2D eigenvalue weighted by Gasteiger charge is -2.41. The smallest absolute Gasteiger partial charge is 0.335 e. The van der Waals surface area contributed by atoms with Crippen molar-refractivity contribution in [3.63, 3.8) is 0 Å². The van der Waals surface area contributed by atoms with Crippen molar-refractivity contribution in [3.8, 4) is 5.75 Å². The Labute approximate surface area is 206 Å². The Morgan fingerprint density at radius 3 is 2.42 bits per heavy atom. The Kier molecular flexibility index (Phi) is 9.81. The quantitative estimate of drug-likeness (QED) is 0.158. The van der Waals surface area contributed by atoms with Crippen LogP contribution >= 0.6 is 0 Å². The lowest BCUT2D eigenvalue weighted by molar-refractivity contribution is -0.327. The number of carboxylic acid groups (broad SMARTS) is 1. The molecule has 1 aromatic carbocycles. The summed E-state index contributed by atoms with van der Waals surface area (Å²) in [4.78, 5) is 24.3. The van der Waals surface area contributed by atoms with Gasteiger partial charge in [-0.1, -0.05) is 24.3 Å². The number of aliphatic hydroxyl groups excluding tert-OH is 4. The molecule has 2 aliphatic heterocycles. The van der Waals surface area contributed by atoms with E-state index in [2.05, 4.69) is 0 Å². The number of rotatable bonds is 10. The standard InChI is InChI=1S/C24H30O12/c1-2-14-15(10-18(26)33-9-8-32-13-6-4-3-5-7-13)16(22(30)31)12-34-23(14)36-24-21(29)20(28)19(27)17(11-25)35-24/h2-7,12,15,17,19-21,23-25,27-29H,8-11H2,1H3,(H,30,31)/b14-2+/t15-,17+,19+,20-,21+,23-,24-/m0/s1. The van der Waals surface area contributed by atoms with Crippen LogP contribution < -0.4 is 4.74 Å². The van der Waals surface area contributed by atoms with Gasteiger partial charge in [0.1, 0.15) is 43.4 Å². The third-order valence-electron chi connectivity index (χ3n) is 5.78. The molecule has 0 radical (unpaired) electrons. The van der Waals surface area contributed by atoms with Gasteiger partial charge in [-0.05, 0) is 19.1 Å². The van der Waals surface area contributed by atoms with Crippen LogP contribution in [0, 0.1) is 5.92 Å². The molecule has 0 aromatic heterocycles. The average Bonchev–Trinajstić information content (AvgIpc) is 2.87. The molecule has 0 bridgehead atoms. The molecule has 1 aromatic rings. The number of hydrogen-bond donors (Lipinski definition) is 5. The first-order valence-electron chi connectivity index (χ1n) is 11.3. The van der Waals surface area contributed by atoms with Gasteiger partial charge in [0.2, 0.25) is 6.29 Å². The number of carbonyl (C=O) groups is 2. The molecule has 2 aliphatic rings. The van der Waals surface area contributed by atoms with Crippen LogP contribution in [-0.4, -0.2) is 94.3 Å². The second-order valence-corrected chi connectivity index (χ2v) is 8.11. The van der Waals surface area contributed by atoms with Crippen LogP contribution in [0.5, 0.6) is 5.75 Å². The van der Waals surface area contributed by atoms with Crippen LogP contribution in [0.3, 0.4) is 0 Å². The van der Waals surface area contributed by atoms with Gasteiger partial charge in [0.05, 0.1) is 24.9 Å². The molecule has 0 aliphatic carbocycles. The van der Waals surface area contributed by atoms with Crippen molar-refractivity contribution in [2.45, 2.75) is 50.3 Å². The van der Waals surface area contributed by atoms with Crippen LogP contribution in [0.4, 0.5) is 0 Å².